The molecular weight excluding hydrogens is 479 g/mol. The van der Waals surface area contributed by atoms with Crippen LogP contribution < -0.4 is 5.32 Å². The van der Waals surface area contributed by atoms with Crippen LogP contribution in [0.25, 0.3) is 0 Å². The molecule has 0 aliphatic carbocycles. The van der Waals surface area contributed by atoms with Crippen LogP contribution >= 0.6 is 23.2 Å². The number of hydrogen-bond acceptors (Lipinski definition) is 10. The molecular formula is C17H20Cl2N2O11. The highest BCUT2D eigenvalue weighted by Gasteiger charge is 2.47. The highest BCUT2D eigenvalue weighted by Crippen LogP contribution is 2.25. The Balaban J connectivity index is 2.18. The van der Waals surface area contributed by atoms with E-state index < -0.39 is 71.1 Å². The maximum Gasteiger partial charge on any atom is 0.335 e. The first-order valence-electron chi connectivity index (χ1n) is 8.99. The van der Waals surface area contributed by atoms with Gasteiger partial charge >= 0.3 is 5.97 Å². The third-order valence-corrected chi connectivity index (χ3v) is 5.00. The predicted molar refractivity (Wildman–Crippen MR) is 106 cm³/mol. The lowest BCUT2D eigenvalue weighted by Gasteiger charge is -2.39. The minimum Gasteiger partial charge on any atom is -0.479 e. The number of ether oxygens (including phenoxy) is 2. The average molecular weight is 499 g/mol. The number of nitro benzene ring substituents is 1. The second kappa shape index (κ2) is 11.2. The van der Waals surface area contributed by atoms with Crippen molar-refractivity contribution in [1.82, 2.24) is 5.32 Å². The largest absolute Gasteiger partial charge is 0.479 e. The number of carbonyl (C=O) groups excluding carboxylic acids is 1. The normalized spacial score (nSPS) is 27.5. The Morgan fingerprint density at radius 2 is 1.75 bits per heavy atom. The van der Waals surface area contributed by atoms with Gasteiger partial charge in [-0.25, -0.2) is 4.79 Å². The van der Waals surface area contributed by atoms with Gasteiger partial charge < -0.3 is 40.3 Å². The van der Waals surface area contributed by atoms with E-state index in [0.717, 1.165) is 12.1 Å². The van der Waals surface area contributed by atoms with Crippen LogP contribution in [0.15, 0.2) is 24.3 Å². The van der Waals surface area contributed by atoms with Crippen molar-refractivity contribution in [1.29, 1.82) is 0 Å². The molecule has 5 unspecified atom stereocenters. The van der Waals surface area contributed by atoms with Gasteiger partial charge in [0.05, 0.1) is 17.6 Å². The Labute approximate surface area is 190 Å². The van der Waals surface area contributed by atoms with E-state index >= 15 is 0 Å². The molecule has 6 N–H and O–H groups in total. The van der Waals surface area contributed by atoms with E-state index in [4.69, 9.17) is 37.8 Å². The predicted octanol–water partition coefficient (Wildman–Crippen LogP) is -1.17. The highest BCUT2D eigenvalue weighted by molar-refractivity contribution is 6.53. The van der Waals surface area contributed by atoms with Crippen LogP contribution in [0, 0.1) is 10.1 Å². The van der Waals surface area contributed by atoms with Crippen molar-refractivity contribution >= 4 is 40.8 Å². The number of aliphatic hydroxyl groups is 4. The summed E-state index contributed by atoms with van der Waals surface area (Å²) in [6.07, 6.45) is -10.9. The van der Waals surface area contributed by atoms with Crippen molar-refractivity contribution < 1.29 is 49.5 Å². The summed E-state index contributed by atoms with van der Waals surface area (Å²) in [5, 5.41) is 62.4. The summed E-state index contributed by atoms with van der Waals surface area (Å²) < 4.78 is 10.2. The summed E-state index contributed by atoms with van der Waals surface area (Å²) in [7, 11) is 0. The number of aliphatic hydroxyl groups excluding tert-OH is 4. The molecule has 1 aliphatic heterocycles. The van der Waals surface area contributed by atoms with E-state index in [9.17, 15) is 40.1 Å². The van der Waals surface area contributed by atoms with Gasteiger partial charge in [0.25, 0.3) is 11.6 Å². The topological polar surface area (TPSA) is 209 Å². The molecule has 0 aromatic heterocycles. The zero-order valence-corrected chi connectivity index (χ0v) is 17.5. The number of carboxylic acid groups (broad SMARTS) is 1. The zero-order valence-electron chi connectivity index (χ0n) is 16.0. The summed E-state index contributed by atoms with van der Waals surface area (Å²) in [5.74, 6) is -2.55. The monoisotopic (exact) mass is 498 g/mol. The first-order valence-corrected chi connectivity index (χ1v) is 9.86. The summed E-state index contributed by atoms with van der Waals surface area (Å²) in [5.41, 5.74) is -0.112. The number of amides is 1. The van der Waals surface area contributed by atoms with Gasteiger partial charge in [-0.3, -0.25) is 14.9 Å². The van der Waals surface area contributed by atoms with Crippen molar-refractivity contribution in [3.05, 3.63) is 39.9 Å². The molecule has 32 heavy (non-hydrogen) atoms. The number of halogens is 2. The number of hydrogen-bond donors (Lipinski definition) is 6. The zero-order chi connectivity index (χ0) is 24.2. The molecule has 13 nitrogen and oxygen atoms in total. The smallest absolute Gasteiger partial charge is 0.335 e. The highest BCUT2D eigenvalue weighted by atomic mass is 35.5. The number of nitro groups is 1. The summed E-state index contributed by atoms with van der Waals surface area (Å²) in [6.45, 7) is -0.610. The first kappa shape index (κ1) is 26.2. The molecule has 1 amide bonds. The number of carbonyl (C=O) groups is 2. The summed E-state index contributed by atoms with van der Waals surface area (Å²) in [6, 6.07) is 3.40. The molecule has 1 fully saturated rings. The lowest BCUT2D eigenvalue weighted by Crippen LogP contribution is -2.61. The number of carboxylic acids is 1. The Kier molecular flexibility index (Phi) is 9.12. The number of aliphatic carboxylic acids is 1. The maximum absolute atomic E-state index is 11.9. The molecule has 2 rings (SSSR count). The van der Waals surface area contributed by atoms with E-state index in [1.807, 2.05) is 0 Å². The number of nitrogens with zero attached hydrogens (tertiary/aromatic N) is 1. The van der Waals surface area contributed by atoms with Gasteiger partial charge in [0.1, 0.15) is 24.4 Å². The van der Waals surface area contributed by atoms with Crippen LogP contribution in [0.3, 0.4) is 0 Å². The Hall–Kier alpha value is -2.10. The minimum atomic E-state index is -1.93. The molecule has 0 saturated carbocycles. The van der Waals surface area contributed by atoms with Gasteiger partial charge in [0.15, 0.2) is 17.2 Å². The van der Waals surface area contributed by atoms with Gasteiger partial charge in [0.2, 0.25) is 0 Å². The SMILES string of the molecule is O=C(N[C@H](COC1OC(C(=O)O)C(O)C(O)C1O)[C@H](O)c1ccc([N+](=O)[O-])cc1)C(Cl)Cl. The number of benzene rings is 1. The molecule has 1 aliphatic rings. The van der Waals surface area contributed by atoms with Gasteiger partial charge in [0, 0.05) is 12.1 Å². The van der Waals surface area contributed by atoms with E-state index in [-0.39, 0.29) is 11.3 Å². The molecule has 15 heteroatoms. The van der Waals surface area contributed by atoms with Crippen LogP contribution in [0.5, 0.6) is 0 Å². The van der Waals surface area contributed by atoms with Crippen molar-refractivity contribution in [2.75, 3.05) is 6.61 Å². The van der Waals surface area contributed by atoms with Crippen molar-refractivity contribution in [2.45, 2.75) is 47.7 Å². The van der Waals surface area contributed by atoms with Crippen LogP contribution in [0.1, 0.15) is 11.7 Å². The molecule has 1 saturated heterocycles. The first-order chi connectivity index (χ1) is 14.9. The summed E-state index contributed by atoms with van der Waals surface area (Å²) in [4.78, 5) is 31.7. The molecule has 178 valence electrons. The van der Waals surface area contributed by atoms with Gasteiger partial charge in [-0.2, -0.15) is 0 Å². The van der Waals surface area contributed by atoms with E-state index in [1.165, 1.54) is 12.1 Å². The van der Waals surface area contributed by atoms with Crippen LogP contribution in [-0.2, 0) is 19.1 Å². The molecule has 0 radical (unpaired) electrons. The lowest BCUT2D eigenvalue weighted by atomic mass is 9.99. The Bertz CT molecular complexity index is 825. The van der Waals surface area contributed by atoms with E-state index in [1.54, 1.807) is 0 Å². The van der Waals surface area contributed by atoms with Gasteiger partial charge in [-0.05, 0) is 17.7 Å². The average Bonchev–Trinajstić information content (AvgIpc) is 2.75. The molecule has 1 aromatic carbocycles. The number of non-ortho nitro benzene ring substituents is 1. The van der Waals surface area contributed by atoms with E-state index in [0.29, 0.717) is 0 Å². The molecule has 0 spiro atoms. The Morgan fingerprint density at radius 3 is 2.25 bits per heavy atom. The Morgan fingerprint density at radius 1 is 1.16 bits per heavy atom. The number of rotatable bonds is 9. The minimum absolute atomic E-state index is 0.133. The molecule has 7 atom stereocenters. The summed E-state index contributed by atoms with van der Waals surface area (Å²) >= 11 is 11.0. The fraction of sp³-hybridized carbons (Fsp3) is 0.529. The second-order valence-electron chi connectivity index (χ2n) is 6.78. The number of alkyl halides is 2. The number of nitrogens with one attached hydrogen (secondary N) is 1. The molecule has 0 bridgehead atoms. The fourth-order valence-corrected chi connectivity index (χ4v) is 3.00. The fourth-order valence-electron chi connectivity index (χ4n) is 2.87. The van der Waals surface area contributed by atoms with Crippen LogP contribution in [-0.4, -0.2) is 90.5 Å². The molecule has 1 aromatic rings. The maximum atomic E-state index is 11.9. The quantitative estimate of drug-likeness (QED) is 0.135. The second-order valence-corrected chi connectivity index (χ2v) is 7.87. The van der Waals surface area contributed by atoms with Crippen LogP contribution in [0.4, 0.5) is 5.69 Å². The standard InChI is InChI=1S/C17H20Cl2N2O11/c18-14(19)15(26)20-8(9(22)6-1-3-7(4-2-6)21(29)30)5-31-17-12(25)10(23)11(24)13(32-17)16(27)28/h1-4,8-14,17,22-25H,5H2,(H,20,26)(H,27,28)/t8-,9-,10?,11?,12?,13?,17?/m1/s1. The van der Waals surface area contributed by atoms with Crippen molar-refractivity contribution in [3.8, 4) is 0 Å². The molecule has 1 heterocycles. The van der Waals surface area contributed by atoms with Crippen molar-refractivity contribution in [2.24, 2.45) is 0 Å². The third kappa shape index (κ3) is 6.24. The van der Waals surface area contributed by atoms with Gasteiger partial charge in [-0.1, -0.05) is 23.2 Å². The third-order valence-electron chi connectivity index (χ3n) is 4.61. The van der Waals surface area contributed by atoms with Gasteiger partial charge in [-0.15, -0.1) is 0 Å². The van der Waals surface area contributed by atoms with Crippen molar-refractivity contribution in [3.63, 3.8) is 0 Å². The van der Waals surface area contributed by atoms with E-state index in [2.05, 4.69) is 5.32 Å². The lowest BCUT2D eigenvalue weighted by molar-refractivity contribution is -0.384. The van der Waals surface area contributed by atoms with Crippen LogP contribution in [0.2, 0.25) is 0 Å².